The third-order valence-electron chi connectivity index (χ3n) is 6.11. The molecule has 0 spiro atoms. The molecule has 178 valence electrons. The summed E-state index contributed by atoms with van der Waals surface area (Å²) in [7, 11) is 1.70. The van der Waals surface area contributed by atoms with E-state index in [1.807, 2.05) is 5.32 Å². The Morgan fingerprint density at radius 2 is 2.12 bits per heavy atom. The third-order valence-corrected chi connectivity index (χ3v) is 6.11. The second-order valence-electron chi connectivity index (χ2n) is 8.37. The van der Waals surface area contributed by atoms with Gasteiger partial charge in [-0.15, -0.1) is 0 Å². The number of halogens is 3. The molecule has 4 aromatic heterocycles. The summed E-state index contributed by atoms with van der Waals surface area (Å²) < 4.78 is 45.3. The van der Waals surface area contributed by atoms with E-state index in [1.165, 1.54) is 10.7 Å². The minimum Gasteiger partial charge on any atom is -0.381 e. The Bertz CT molecular complexity index is 1360. The van der Waals surface area contributed by atoms with Gasteiger partial charge in [-0.05, 0) is 37.5 Å². The number of pyridine rings is 1. The highest BCUT2D eigenvalue weighted by Gasteiger charge is 2.37. The molecule has 1 atom stereocenters. The van der Waals surface area contributed by atoms with E-state index in [-0.39, 0.29) is 17.7 Å². The second-order valence-corrected chi connectivity index (χ2v) is 8.37. The molecule has 0 aromatic carbocycles. The van der Waals surface area contributed by atoms with Crippen LogP contribution in [0.3, 0.4) is 0 Å². The summed E-state index contributed by atoms with van der Waals surface area (Å²) in [5.74, 6) is -0.328. The van der Waals surface area contributed by atoms with Gasteiger partial charge in [0.1, 0.15) is 11.7 Å². The molecular weight excluding hydrogens is 451 g/mol. The van der Waals surface area contributed by atoms with Gasteiger partial charge in [0.05, 0.1) is 23.4 Å². The summed E-state index contributed by atoms with van der Waals surface area (Å²) in [6.45, 7) is 0.894. The summed E-state index contributed by atoms with van der Waals surface area (Å²) in [5, 5.41) is 10.1. The van der Waals surface area contributed by atoms with Gasteiger partial charge in [-0.1, -0.05) is 0 Å². The summed E-state index contributed by atoms with van der Waals surface area (Å²) in [5.41, 5.74) is 2.61. The highest BCUT2D eigenvalue weighted by atomic mass is 19.4. The minimum absolute atomic E-state index is 0.0513. The van der Waals surface area contributed by atoms with Crippen molar-refractivity contribution < 1.29 is 22.7 Å². The fraction of sp³-hybridized carbons (Fsp3) is 0.364. The fourth-order valence-electron chi connectivity index (χ4n) is 3.95. The Labute approximate surface area is 191 Å². The largest absolute Gasteiger partial charge is 0.408 e. The van der Waals surface area contributed by atoms with Crippen molar-refractivity contribution in [1.29, 1.82) is 0 Å². The lowest BCUT2D eigenvalue weighted by Crippen LogP contribution is -2.43. The number of anilines is 1. The summed E-state index contributed by atoms with van der Waals surface area (Å²) in [6, 6.07) is 1.79. The van der Waals surface area contributed by atoms with Gasteiger partial charge < -0.3 is 20.4 Å². The number of alkyl halides is 3. The van der Waals surface area contributed by atoms with Crippen molar-refractivity contribution in [2.75, 3.05) is 12.4 Å². The standard InChI is InChI=1S/C22H22F3N7O2/c1-11(22(23,24)25)29-20(33)17-10-28-32-4-3-12(5-18(17)32)15-8-26-19-16(15)9-27-21(31-19)30-13-6-14(7-13)34-2/h3-5,8-11,13-14H,6-7H2,1-2H3,(H,29,33)(H2,26,27,30,31). The van der Waals surface area contributed by atoms with E-state index in [0.717, 1.165) is 36.3 Å². The van der Waals surface area contributed by atoms with Gasteiger partial charge >= 0.3 is 6.18 Å². The quantitative estimate of drug-likeness (QED) is 0.395. The topological polar surface area (TPSA) is 109 Å². The van der Waals surface area contributed by atoms with Crippen molar-refractivity contribution in [2.45, 2.75) is 44.1 Å². The number of aromatic nitrogens is 5. The van der Waals surface area contributed by atoms with Crippen LogP contribution in [0.15, 0.2) is 36.9 Å². The van der Waals surface area contributed by atoms with Crippen LogP contribution < -0.4 is 10.6 Å². The number of fused-ring (bicyclic) bond motifs is 2. The van der Waals surface area contributed by atoms with Crippen molar-refractivity contribution >= 4 is 28.4 Å². The fourth-order valence-corrected chi connectivity index (χ4v) is 3.95. The van der Waals surface area contributed by atoms with Crippen molar-refractivity contribution in [2.24, 2.45) is 0 Å². The average molecular weight is 473 g/mol. The molecule has 0 bridgehead atoms. The monoisotopic (exact) mass is 473 g/mol. The van der Waals surface area contributed by atoms with E-state index >= 15 is 0 Å². The SMILES string of the molecule is COC1CC(Nc2ncc3c(-c4ccn5ncc(C(=O)NC(C)C(F)(F)F)c5c4)c[nH]c3n2)C1. The Balaban J connectivity index is 1.41. The van der Waals surface area contributed by atoms with Crippen LogP contribution in [0.2, 0.25) is 0 Å². The Morgan fingerprint density at radius 1 is 1.32 bits per heavy atom. The van der Waals surface area contributed by atoms with Crippen LogP contribution >= 0.6 is 0 Å². The Kier molecular flexibility index (Phi) is 5.39. The van der Waals surface area contributed by atoms with E-state index in [1.54, 1.807) is 37.8 Å². The molecule has 3 N–H and O–H groups in total. The molecule has 34 heavy (non-hydrogen) atoms. The molecule has 1 amide bonds. The van der Waals surface area contributed by atoms with Crippen LogP contribution in [0.4, 0.5) is 19.1 Å². The number of nitrogens with one attached hydrogen (secondary N) is 3. The molecule has 1 aliphatic carbocycles. The predicted molar refractivity (Wildman–Crippen MR) is 118 cm³/mol. The van der Waals surface area contributed by atoms with Gasteiger partial charge in [0.25, 0.3) is 5.91 Å². The molecule has 9 nitrogen and oxygen atoms in total. The van der Waals surface area contributed by atoms with Gasteiger partial charge in [-0.25, -0.2) is 9.50 Å². The lowest BCUT2D eigenvalue weighted by Gasteiger charge is -2.34. The predicted octanol–water partition coefficient (Wildman–Crippen LogP) is 3.54. The van der Waals surface area contributed by atoms with Gasteiger partial charge in [0.2, 0.25) is 5.95 Å². The molecule has 0 radical (unpaired) electrons. The van der Waals surface area contributed by atoms with E-state index < -0.39 is 18.1 Å². The molecule has 1 fully saturated rings. The van der Waals surface area contributed by atoms with E-state index in [9.17, 15) is 18.0 Å². The van der Waals surface area contributed by atoms with E-state index in [2.05, 4.69) is 25.4 Å². The number of carbonyl (C=O) groups excluding carboxylic acids is 1. The molecule has 1 aliphatic rings. The zero-order valence-electron chi connectivity index (χ0n) is 18.3. The number of H-pyrrole nitrogens is 1. The maximum absolute atomic E-state index is 12.9. The molecule has 4 aromatic rings. The molecule has 12 heteroatoms. The van der Waals surface area contributed by atoms with Crippen LogP contribution in [0.25, 0.3) is 27.7 Å². The number of methoxy groups -OCH3 is 1. The molecular formula is C22H22F3N7O2. The molecule has 1 unspecified atom stereocenters. The number of hydrogen-bond donors (Lipinski definition) is 3. The molecule has 0 saturated heterocycles. The number of amides is 1. The summed E-state index contributed by atoms with van der Waals surface area (Å²) >= 11 is 0. The highest BCUT2D eigenvalue weighted by Crippen LogP contribution is 2.30. The Hall–Kier alpha value is -3.67. The molecule has 1 saturated carbocycles. The highest BCUT2D eigenvalue weighted by molar-refractivity contribution is 6.02. The van der Waals surface area contributed by atoms with Crippen molar-refractivity contribution in [3.8, 4) is 11.1 Å². The smallest absolute Gasteiger partial charge is 0.381 e. The number of ether oxygens (including phenoxy) is 1. The first-order chi connectivity index (χ1) is 16.2. The molecule has 4 heterocycles. The number of carbonyl (C=O) groups is 1. The third kappa shape index (κ3) is 4.04. The number of hydrogen-bond acceptors (Lipinski definition) is 6. The van der Waals surface area contributed by atoms with Gasteiger partial charge in [-0.3, -0.25) is 4.79 Å². The first-order valence-electron chi connectivity index (χ1n) is 10.7. The van der Waals surface area contributed by atoms with Gasteiger partial charge in [-0.2, -0.15) is 23.3 Å². The van der Waals surface area contributed by atoms with Crippen LogP contribution in [-0.2, 0) is 4.74 Å². The van der Waals surface area contributed by atoms with Crippen LogP contribution in [0.1, 0.15) is 30.1 Å². The van der Waals surface area contributed by atoms with Crippen LogP contribution in [0, 0.1) is 0 Å². The molecule has 5 rings (SSSR count). The van der Waals surface area contributed by atoms with Crippen LogP contribution in [0.5, 0.6) is 0 Å². The minimum atomic E-state index is -4.54. The van der Waals surface area contributed by atoms with Crippen LogP contribution in [-0.4, -0.2) is 61.9 Å². The first kappa shape index (κ1) is 22.1. The van der Waals surface area contributed by atoms with Gasteiger partial charge in [0.15, 0.2) is 0 Å². The number of nitrogens with zero attached hydrogens (tertiary/aromatic N) is 4. The number of rotatable bonds is 6. The van der Waals surface area contributed by atoms with Gasteiger partial charge in [0, 0.05) is 42.7 Å². The summed E-state index contributed by atoms with van der Waals surface area (Å²) in [4.78, 5) is 24.6. The zero-order chi connectivity index (χ0) is 24.0. The lowest BCUT2D eigenvalue weighted by molar-refractivity contribution is -0.149. The van der Waals surface area contributed by atoms with Crippen molar-refractivity contribution in [3.05, 3.63) is 42.5 Å². The normalized spacial score (nSPS) is 19.2. The zero-order valence-corrected chi connectivity index (χ0v) is 18.3. The maximum atomic E-state index is 12.9. The molecule has 0 aliphatic heterocycles. The first-order valence-corrected chi connectivity index (χ1v) is 10.7. The Morgan fingerprint density at radius 3 is 2.85 bits per heavy atom. The van der Waals surface area contributed by atoms with Crippen molar-refractivity contribution in [1.82, 2.24) is 29.9 Å². The lowest BCUT2D eigenvalue weighted by atomic mass is 9.89. The summed E-state index contributed by atoms with van der Waals surface area (Å²) in [6.07, 6.45) is 3.92. The average Bonchev–Trinajstić information content (AvgIpc) is 3.38. The maximum Gasteiger partial charge on any atom is 0.408 e. The van der Waals surface area contributed by atoms with Crippen molar-refractivity contribution in [3.63, 3.8) is 0 Å². The van der Waals surface area contributed by atoms with E-state index in [4.69, 9.17) is 4.74 Å². The second kappa shape index (κ2) is 8.28. The number of aromatic amines is 1. The van der Waals surface area contributed by atoms with E-state index in [0.29, 0.717) is 17.1 Å².